The van der Waals surface area contributed by atoms with Crippen LogP contribution in [0.1, 0.15) is 44.3 Å². The van der Waals surface area contributed by atoms with Crippen molar-refractivity contribution in [1.29, 1.82) is 0 Å². The van der Waals surface area contributed by atoms with Crippen LogP contribution in [0.2, 0.25) is 0 Å². The molecule has 3 heterocycles. The number of amides is 4. The Kier molecular flexibility index (Phi) is 6.12. The number of aromatic nitrogens is 1. The number of hydrogen-bond acceptors (Lipinski definition) is 3. The number of benzene rings is 4. The highest BCUT2D eigenvalue weighted by Crippen LogP contribution is 2.45. The summed E-state index contributed by atoms with van der Waals surface area (Å²) in [5.41, 5.74) is 6.02. The average molecular weight is 559 g/mol. The number of nitrogens with one attached hydrogen (secondary N) is 2. The molecule has 208 valence electrons. The number of anilines is 1. The van der Waals surface area contributed by atoms with E-state index in [-0.39, 0.29) is 29.5 Å². The van der Waals surface area contributed by atoms with Crippen LogP contribution < -0.4 is 10.2 Å². The minimum atomic E-state index is -0.731. The average Bonchev–Trinajstić information content (AvgIpc) is 3.50. The number of imide groups is 1. The predicted molar refractivity (Wildman–Crippen MR) is 158 cm³/mol. The summed E-state index contributed by atoms with van der Waals surface area (Å²) in [5, 5.41) is 3.86. The predicted octanol–water partition coefficient (Wildman–Crippen LogP) is 6.03. The van der Waals surface area contributed by atoms with Gasteiger partial charge in [0.25, 0.3) is 11.8 Å². The first-order chi connectivity index (χ1) is 20.4. The van der Waals surface area contributed by atoms with Gasteiger partial charge in [0.1, 0.15) is 17.9 Å². The lowest BCUT2D eigenvalue weighted by atomic mass is 9.88. The Bertz CT molecular complexity index is 1860. The smallest absolute Gasteiger partial charge is 0.332 e. The zero-order valence-electron chi connectivity index (χ0n) is 22.8. The normalized spacial score (nSPS) is 17.9. The summed E-state index contributed by atoms with van der Waals surface area (Å²) in [6.45, 7) is 2.17. The van der Waals surface area contributed by atoms with Gasteiger partial charge in [-0.1, -0.05) is 72.3 Å². The highest BCUT2D eigenvalue weighted by Gasteiger charge is 2.53. The fourth-order valence-corrected chi connectivity index (χ4v) is 6.13. The molecule has 7 rings (SSSR count). The number of para-hydroxylation sites is 2. The monoisotopic (exact) mass is 558 g/mol. The highest BCUT2D eigenvalue weighted by molar-refractivity contribution is 6.24. The molecule has 2 aliphatic rings. The first-order valence-corrected chi connectivity index (χ1v) is 13.8. The van der Waals surface area contributed by atoms with Crippen molar-refractivity contribution < 1.29 is 18.8 Å². The van der Waals surface area contributed by atoms with Gasteiger partial charge < -0.3 is 10.3 Å². The third-order valence-electron chi connectivity index (χ3n) is 8.20. The molecule has 2 unspecified atom stereocenters. The third kappa shape index (κ3) is 4.15. The molecule has 1 aromatic heterocycles. The van der Waals surface area contributed by atoms with Gasteiger partial charge in [0.15, 0.2) is 0 Å². The lowest BCUT2D eigenvalue weighted by Gasteiger charge is -2.36. The first-order valence-electron chi connectivity index (χ1n) is 13.8. The van der Waals surface area contributed by atoms with Crippen LogP contribution >= 0.6 is 0 Å². The quantitative estimate of drug-likeness (QED) is 0.259. The van der Waals surface area contributed by atoms with Crippen LogP contribution in [0.25, 0.3) is 10.9 Å². The van der Waals surface area contributed by atoms with Gasteiger partial charge in [-0.2, -0.15) is 0 Å². The number of hydrogen-bond donors (Lipinski definition) is 2. The van der Waals surface area contributed by atoms with Crippen molar-refractivity contribution in [1.82, 2.24) is 15.2 Å². The van der Waals surface area contributed by atoms with E-state index in [1.807, 2.05) is 55.5 Å². The molecule has 0 bridgehead atoms. The van der Waals surface area contributed by atoms with Gasteiger partial charge in [-0.05, 0) is 53.9 Å². The zero-order valence-corrected chi connectivity index (χ0v) is 22.8. The highest BCUT2D eigenvalue weighted by atomic mass is 19.1. The molecular formula is C34H27FN4O3. The van der Waals surface area contributed by atoms with E-state index in [0.29, 0.717) is 6.42 Å². The van der Waals surface area contributed by atoms with E-state index in [9.17, 15) is 18.8 Å². The summed E-state index contributed by atoms with van der Waals surface area (Å²) in [6, 6.07) is 26.7. The number of rotatable bonds is 5. The minimum Gasteiger partial charge on any atom is -0.356 e. The second kappa shape index (κ2) is 9.99. The van der Waals surface area contributed by atoms with Crippen LogP contribution in [0.4, 0.5) is 14.9 Å². The van der Waals surface area contributed by atoms with Crippen molar-refractivity contribution in [3.8, 4) is 0 Å². The number of carbonyl (C=O) groups is 3. The molecule has 2 atom stereocenters. The number of H-pyrrole nitrogens is 1. The molecule has 5 aromatic rings. The van der Waals surface area contributed by atoms with E-state index in [0.717, 1.165) is 43.8 Å². The number of urea groups is 1. The van der Waals surface area contributed by atoms with Crippen molar-refractivity contribution >= 4 is 34.4 Å². The van der Waals surface area contributed by atoms with E-state index in [1.54, 1.807) is 41.3 Å². The van der Waals surface area contributed by atoms with E-state index in [1.165, 1.54) is 12.1 Å². The molecule has 4 aromatic carbocycles. The largest absolute Gasteiger partial charge is 0.356 e. The van der Waals surface area contributed by atoms with Crippen LogP contribution in [0.15, 0.2) is 97.1 Å². The Hall–Kier alpha value is -5.24. The van der Waals surface area contributed by atoms with Crippen molar-refractivity contribution in [3.63, 3.8) is 0 Å². The second-order valence-corrected chi connectivity index (χ2v) is 10.8. The number of aryl methyl sites for hydroxylation is 1. The van der Waals surface area contributed by atoms with Crippen LogP contribution in [0.5, 0.6) is 0 Å². The summed E-state index contributed by atoms with van der Waals surface area (Å²) in [4.78, 5) is 48.1. The first kappa shape index (κ1) is 25.7. The molecule has 2 N–H and O–H groups in total. The summed E-state index contributed by atoms with van der Waals surface area (Å²) in [5.74, 6) is -1.17. The van der Waals surface area contributed by atoms with Crippen molar-refractivity contribution in [3.05, 3.63) is 136 Å². The van der Waals surface area contributed by atoms with Crippen molar-refractivity contribution in [2.24, 2.45) is 0 Å². The van der Waals surface area contributed by atoms with Gasteiger partial charge in [-0.3, -0.25) is 14.5 Å². The SMILES string of the molecule is Cc1ccc(C2c3[nH]c4ccccc4c3CC3C(=O)N(c4ccccc4C(=O)NCc4ccc(F)cc4)C(=O)N32)cc1. The molecule has 4 amide bonds. The topological polar surface area (TPSA) is 85.5 Å². The van der Waals surface area contributed by atoms with Gasteiger partial charge in [-0.15, -0.1) is 0 Å². The van der Waals surface area contributed by atoms with E-state index >= 15 is 0 Å². The Balaban J connectivity index is 1.27. The Labute approximate surface area is 241 Å². The van der Waals surface area contributed by atoms with Gasteiger partial charge in [-0.25, -0.2) is 14.1 Å². The molecule has 0 saturated carbocycles. The molecule has 42 heavy (non-hydrogen) atoms. The van der Waals surface area contributed by atoms with Gasteiger partial charge in [0, 0.05) is 29.6 Å². The number of halogens is 1. The second-order valence-electron chi connectivity index (χ2n) is 10.8. The minimum absolute atomic E-state index is 0.168. The van der Waals surface area contributed by atoms with E-state index in [4.69, 9.17) is 0 Å². The molecule has 0 aliphatic carbocycles. The lowest BCUT2D eigenvalue weighted by molar-refractivity contribution is -0.120. The van der Waals surface area contributed by atoms with Crippen LogP contribution in [-0.4, -0.2) is 33.8 Å². The van der Waals surface area contributed by atoms with Gasteiger partial charge in [0.2, 0.25) is 0 Å². The maximum Gasteiger partial charge on any atom is 0.332 e. The molecule has 1 fully saturated rings. The van der Waals surface area contributed by atoms with Crippen molar-refractivity contribution in [2.45, 2.75) is 32.0 Å². The van der Waals surface area contributed by atoms with Crippen LogP contribution in [-0.2, 0) is 17.8 Å². The Morgan fingerprint density at radius 3 is 2.43 bits per heavy atom. The lowest BCUT2D eigenvalue weighted by Crippen LogP contribution is -2.44. The van der Waals surface area contributed by atoms with Gasteiger partial charge >= 0.3 is 6.03 Å². The van der Waals surface area contributed by atoms with E-state index in [2.05, 4.69) is 10.3 Å². The number of fused-ring (bicyclic) bond motifs is 4. The molecule has 0 radical (unpaired) electrons. The molecular weight excluding hydrogens is 531 g/mol. The van der Waals surface area contributed by atoms with Gasteiger partial charge in [0.05, 0.1) is 11.3 Å². The maximum atomic E-state index is 14.3. The number of carbonyl (C=O) groups excluding carboxylic acids is 3. The molecule has 8 heteroatoms. The van der Waals surface area contributed by atoms with E-state index < -0.39 is 24.0 Å². The molecule has 7 nitrogen and oxygen atoms in total. The number of aromatic amines is 1. The summed E-state index contributed by atoms with van der Waals surface area (Å²) >= 11 is 0. The summed E-state index contributed by atoms with van der Waals surface area (Å²) < 4.78 is 13.3. The Morgan fingerprint density at radius 2 is 1.64 bits per heavy atom. The third-order valence-corrected chi connectivity index (χ3v) is 8.20. The van der Waals surface area contributed by atoms with Crippen LogP contribution in [0.3, 0.4) is 0 Å². The molecule has 0 spiro atoms. The summed E-state index contributed by atoms with van der Waals surface area (Å²) in [7, 11) is 0. The number of nitrogens with zero attached hydrogens (tertiary/aromatic N) is 2. The standard InChI is InChI=1S/C34H27FN4O3/c1-20-10-14-22(15-11-20)31-30-26(24-6-2-4-8-27(24)37-30)18-29-33(41)39(34(42)38(29)31)28-9-5-3-7-25(28)32(40)36-19-21-12-16-23(35)17-13-21/h2-17,29,31,37H,18-19H2,1H3,(H,36,40). The Morgan fingerprint density at radius 1 is 0.929 bits per heavy atom. The zero-order chi connectivity index (χ0) is 29.0. The maximum absolute atomic E-state index is 14.3. The molecule has 2 aliphatic heterocycles. The molecule has 1 saturated heterocycles. The fraction of sp³-hybridized carbons (Fsp3) is 0.147. The van der Waals surface area contributed by atoms with Crippen LogP contribution in [0, 0.1) is 12.7 Å². The van der Waals surface area contributed by atoms with Crippen molar-refractivity contribution in [2.75, 3.05) is 4.90 Å². The summed E-state index contributed by atoms with van der Waals surface area (Å²) in [6.07, 6.45) is 0.363. The fourth-order valence-electron chi connectivity index (χ4n) is 6.13.